The van der Waals surface area contributed by atoms with Crippen molar-refractivity contribution >= 4 is 0 Å². The lowest BCUT2D eigenvalue weighted by molar-refractivity contribution is 0.689. The molecular formula is C14H19N3. The van der Waals surface area contributed by atoms with Gasteiger partial charge in [-0.15, -0.1) is 0 Å². The third kappa shape index (κ3) is 2.56. The standard InChI is InChI=1S/C14H19N3/c1-4-11-5-7-12(8-6-11)14(15-2)13-9-16-17(3)10-13/h5-10,14-15H,4H2,1-3H3. The summed E-state index contributed by atoms with van der Waals surface area (Å²) in [4.78, 5) is 0. The van der Waals surface area contributed by atoms with E-state index in [-0.39, 0.29) is 6.04 Å². The Morgan fingerprint density at radius 3 is 2.41 bits per heavy atom. The summed E-state index contributed by atoms with van der Waals surface area (Å²) in [5.74, 6) is 0. The first-order valence-electron chi connectivity index (χ1n) is 5.99. The van der Waals surface area contributed by atoms with Crippen molar-refractivity contribution in [2.24, 2.45) is 7.05 Å². The molecule has 0 saturated heterocycles. The molecule has 0 saturated carbocycles. The molecule has 0 fully saturated rings. The van der Waals surface area contributed by atoms with Crippen LogP contribution in [0.15, 0.2) is 36.7 Å². The van der Waals surface area contributed by atoms with Gasteiger partial charge in [-0.2, -0.15) is 5.10 Å². The van der Waals surface area contributed by atoms with E-state index in [0.717, 1.165) is 6.42 Å². The van der Waals surface area contributed by atoms with Crippen LogP contribution in [0.5, 0.6) is 0 Å². The quantitative estimate of drug-likeness (QED) is 0.871. The highest BCUT2D eigenvalue weighted by molar-refractivity contribution is 5.31. The molecule has 0 aliphatic carbocycles. The fourth-order valence-corrected chi connectivity index (χ4v) is 2.06. The molecule has 1 aromatic carbocycles. The van der Waals surface area contributed by atoms with Crippen LogP contribution in [0.1, 0.15) is 29.7 Å². The summed E-state index contributed by atoms with van der Waals surface area (Å²) in [5.41, 5.74) is 3.84. The number of nitrogens with zero attached hydrogens (tertiary/aromatic N) is 2. The predicted octanol–water partition coefficient (Wildman–Crippen LogP) is 2.29. The summed E-state index contributed by atoms with van der Waals surface area (Å²) in [6, 6.07) is 8.97. The Kier molecular flexibility index (Phi) is 3.59. The molecule has 0 aliphatic rings. The first-order valence-corrected chi connectivity index (χ1v) is 5.99. The second-order valence-electron chi connectivity index (χ2n) is 4.26. The lowest BCUT2D eigenvalue weighted by Crippen LogP contribution is -2.17. The molecule has 1 atom stereocenters. The first kappa shape index (κ1) is 11.9. The lowest BCUT2D eigenvalue weighted by atomic mass is 10.00. The van der Waals surface area contributed by atoms with Gasteiger partial charge in [-0.25, -0.2) is 0 Å². The maximum atomic E-state index is 4.22. The van der Waals surface area contributed by atoms with Gasteiger partial charge in [0.15, 0.2) is 0 Å². The average Bonchev–Trinajstić information content (AvgIpc) is 2.78. The molecule has 1 heterocycles. The molecule has 0 radical (unpaired) electrons. The minimum atomic E-state index is 0.217. The molecule has 2 rings (SSSR count). The molecule has 17 heavy (non-hydrogen) atoms. The van der Waals surface area contributed by atoms with E-state index in [2.05, 4.69) is 47.8 Å². The number of hydrogen-bond donors (Lipinski definition) is 1. The molecule has 0 amide bonds. The topological polar surface area (TPSA) is 29.9 Å². The Bertz CT molecular complexity index is 470. The zero-order chi connectivity index (χ0) is 12.3. The van der Waals surface area contributed by atoms with Crippen molar-refractivity contribution < 1.29 is 0 Å². The second kappa shape index (κ2) is 5.15. The van der Waals surface area contributed by atoms with Crippen molar-refractivity contribution in [2.75, 3.05) is 7.05 Å². The molecule has 2 aromatic rings. The maximum Gasteiger partial charge on any atom is 0.0605 e. The molecule has 90 valence electrons. The Morgan fingerprint density at radius 1 is 1.24 bits per heavy atom. The molecule has 1 aromatic heterocycles. The van der Waals surface area contributed by atoms with E-state index in [4.69, 9.17) is 0 Å². The van der Waals surface area contributed by atoms with Gasteiger partial charge in [-0.05, 0) is 24.6 Å². The van der Waals surface area contributed by atoms with Crippen molar-refractivity contribution in [1.82, 2.24) is 15.1 Å². The fourth-order valence-electron chi connectivity index (χ4n) is 2.06. The van der Waals surface area contributed by atoms with Crippen LogP contribution in [0.2, 0.25) is 0 Å². The van der Waals surface area contributed by atoms with Gasteiger partial charge in [0.25, 0.3) is 0 Å². The van der Waals surface area contributed by atoms with Gasteiger partial charge in [-0.1, -0.05) is 31.2 Å². The van der Waals surface area contributed by atoms with E-state index in [1.807, 2.05) is 25.0 Å². The van der Waals surface area contributed by atoms with E-state index in [1.165, 1.54) is 16.7 Å². The van der Waals surface area contributed by atoms with Gasteiger partial charge in [0.1, 0.15) is 0 Å². The van der Waals surface area contributed by atoms with Crippen LogP contribution >= 0.6 is 0 Å². The third-order valence-corrected chi connectivity index (χ3v) is 3.07. The van der Waals surface area contributed by atoms with Gasteiger partial charge in [0.2, 0.25) is 0 Å². The van der Waals surface area contributed by atoms with Gasteiger partial charge in [0, 0.05) is 18.8 Å². The zero-order valence-corrected chi connectivity index (χ0v) is 10.6. The minimum Gasteiger partial charge on any atom is -0.309 e. The Labute approximate surface area is 102 Å². The number of rotatable bonds is 4. The van der Waals surface area contributed by atoms with Crippen LogP contribution < -0.4 is 5.32 Å². The van der Waals surface area contributed by atoms with E-state index in [9.17, 15) is 0 Å². The second-order valence-corrected chi connectivity index (χ2v) is 4.26. The highest BCUT2D eigenvalue weighted by Gasteiger charge is 2.13. The fraction of sp³-hybridized carbons (Fsp3) is 0.357. The SMILES string of the molecule is CCc1ccc(C(NC)c2cnn(C)c2)cc1. The normalized spacial score (nSPS) is 12.6. The van der Waals surface area contributed by atoms with Crippen molar-refractivity contribution in [3.8, 4) is 0 Å². The van der Waals surface area contributed by atoms with E-state index >= 15 is 0 Å². The van der Waals surface area contributed by atoms with Crippen LogP contribution in [0.3, 0.4) is 0 Å². The van der Waals surface area contributed by atoms with Gasteiger partial charge in [0.05, 0.1) is 12.2 Å². The third-order valence-electron chi connectivity index (χ3n) is 3.07. The summed E-state index contributed by atoms with van der Waals surface area (Å²) in [6.07, 6.45) is 5.04. The molecule has 0 aliphatic heterocycles. The molecule has 3 heteroatoms. The average molecular weight is 229 g/mol. The molecule has 0 bridgehead atoms. The van der Waals surface area contributed by atoms with Gasteiger partial charge < -0.3 is 5.32 Å². The number of hydrogen-bond acceptors (Lipinski definition) is 2. The van der Waals surface area contributed by atoms with Crippen molar-refractivity contribution in [3.05, 3.63) is 53.3 Å². The number of benzene rings is 1. The zero-order valence-electron chi connectivity index (χ0n) is 10.6. The summed E-state index contributed by atoms with van der Waals surface area (Å²) in [7, 11) is 3.92. The summed E-state index contributed by atoms with van der Waals surface area (Å²) in [5, 5.41) is 7.55. The van der Waals surface area contributed by atoms with Crippen LogP contribution in [0.25, 0.3) is 0 Å². The number of aromatic nitrogens is 2. The van der Waals surface area contributed by atoms with Crippen LogP contribution in [0, 0.1) is 0 Å². The molecule has 1 N–H and O–H groups in total. The number of nitrogens with one attached hydrogen (secondary N) is 1. The summed E-state index contributed by atoms with van der Waals surface area (Å²) < 4.78 is 1.83. The lowest BCUT2D eigenvalue weighted by Gasteiger charge is -2.15. The molecule has 0 spiro atoms. The Hall–Kier alpha value is -1.61. The molecule has 3 nitrogen and oxygen atoms in total. The van der Waals surface area contributed by atoms with Gasteiger partial charge in [-0.3, -0.25) is 4.68 Å². The number of aryl methyl sites for hydroxylation is 2. The largest absolute Gasteiger partial charge is 0.309 e. The Morgan fingerprint density at radius 2 is 1.94 bits per heavy atom. The van der Waals surface area contributed by atoms with E-state index in [1.54, 1.807) is 0 Å². The minimum absolute atomic E-state index is 0.217. The Balaban J connectivity index is 2.28. The van der Waals surface area contributed by atoms with E-state index in [0.29, 0.717) is 0 Å². The predicted molar refractivity (Wildman–Crippen MR) is 69.9 cm³/mol. The molecule has 1 unspecified atom stereocenters. The van der Waals surface area contributed by atoms with Crippen molar-refractivity contribution in [2.45, 2.75) is 19.4 Å². The van der Waals surface area contributed by atoms with Crippen molar-refractivity contribution in [3.63, 3.8) is 0 Å². The maximum absolute atomic E-state index is 4.22. The van der Waals surface area contributed by atoms with Gasteiger partial charge >= 0.3 is 0 Å². The van der Waals surface area contributed by atoms with E-state index < -0.39 is 0 Å². The summed E-state index contributed by atoms with van der Waals surface area (Å²) >= 11 is 0. The monoisotopic (exact) mass is 229 g/mol. The van der Waals surface area contributed by atoms with Crippen molar-refractivity contribution in [1.29, 1.82) is 0 Å². The van der Waals surface area contributed by atoms with Crippen LogP contribution in [-0.2, 0) is 13.5 Å². The highest BCUT2D eigenvalue weighted by Crippen LogP contribution is 2.21. The van der Waals surface area contributed by atoms with Crippen LogP contribution in [-0.4, -0.2) is 16.8 Å². The molecular weight excluding hydrogens is 210 g/mol. The highest BCUT2D eigenvalue weighted by atomic mass is 15.2. The smallest absolute Gasteiger partial charge is 0.0605 e. The van der Waals surface area contributed by atoms with Crippen LogP contribution in [0.4, 0.5) is 0 Å². The summed E-state index contributed by atoms with van der Waals surface area (Å²) in [6.45, 7) is 2.17. The first-order chi connectivity index (χ1) is 8.24.